The molecule has 0 radical (unpaired) electrons. The second kappa shape index (κ2) is 8.52. The van der Waals surface area contributed by atoms with Crippen LogP contribution in [-0.2, 0) is 0 Å². The minimum absolute atomic E-state index is 0.258. The van der Waals surface area contributed by atoms with Crippen molar-refractivity contribution in [3.63, 3.8) is 0 Å². The van der Waals surface area contributed by atoms with Crippen molar-refractivity contribution in [2.45, 2.75) is 32.2 Å². The van der Waals surface area contributed by atoms with Gasteiger partial charge in [0, 0.05) is 34.5 Å². The molecule has 0 aliphatic carbocycles. The van der Waals surface area contributed by atoms with E-state index in [1.807, 2.05) is 12.1 Å². The Balaban J connectivity index is 1.58. The van der Waals surface area contributed by atoms with Crippen LogP contribution in [0, 0.1) is 0 Å². The van der Waals surface area contributed by atoms with Gasteiger partial charge in [0.2, 0.25) is 0 Å². The number of carbonyl (C=O) groups is 1. The molecule has 0 saturated carbocycles. The average Bonchev–Trinajstić information content (AvgIpc) is 2.63. The molecule has 6 heteroatoms. The zero-order valence-electron chi connectivity index (χ0n) is 14.7. The van der Waals surface area contributed by atoms with Gasteiger partial charge in [0.1, 0.15) is 0 Å². The molecule has 26 heavy (non-hydrogen) atoms. The van der Waals surface area contributed by atoms with Gasteiger partial charge in [-0.2, -0.15) is 0 Å². The normalized spacial score (nSPS) is 16.8. The second-order valence-corrected chi connectivity index (χ2v) is 7.35. The predicted octanol–water partition coefficient (Wildman–Crippen LogP) is 4.85. The van der Waals surface area contributed by atoms with Crippen LogP contribution < -0.4 is 15.5 Å². The summed E-state index contributed by atoms with van der Waals surface area (Å²) in [4.78, 5) is 14.6. The molecule has 4 nitrogen and oxygen atoms in total. The highest BCUT2D eigenvalue weighted by Gasteiger charge is 2.18. The third-order valence-electron chi connectivity index (χ3n) is 4.57. The van der Waals surface area contributed by atoms with Crippen molar-refractivity contribution in [3.05, 3.63) is 59.1 Å². The molecule has 1 fully saturated rings. The molecule has 2 aromatic rings. The van der Waals surface area contributed by atoms with E-state index in [1.54, 1.807) is 24.3 Å². The minimum Gasteiger partial charge on any atom is -0.369 e. The molecule has 1 aliphatic rings. The average molecular weight is 388 g/mol. The maximum absolute atomic E-state index is 12.2. The van der Waals surface area contributed by atoms with Gasteiger partial charge in [-0.3, -0.25) is 10.1 Å². The van der Waals surface area contributed by atoms with E-state index in [4.69, 9.17) is 23.8 Å². The van der Waals surface area contributed by atoms with Crippen molar-refractivity contribution in [2.75, 3.05) is 16.8 Å². The highest BCUT2D eigenvalue weighted by Crippen LogP contribution is 2.25. The van der Waals surface area contributed by atoms with Crippen LogP contribution in [0.2, 0.25) is 5.02 Å². The first-order chi connectivity index (χ1) is 12.5. The number of anilines is 2. The van der Waals surface area contributed by atoms with Crippen molar-refractivity contribution in [1.82, 2.24) is 5.32 Å². The number of hydrogen-bond acceptors (Lipinski definition) is 3. The molecular formula is C20H22ClN3OS. The molecule has 2 N–H and O–H groups in total. The van der Waals surface area contributed by atoms with Gasteiger partial charge in [-0.1, -0.05) is 17.7 Å². The molecule has 0 unspecified atom stereocenters. The predicted molar refractivity (Wildman–Crippen MR) is 112 cm³/mol. The molecule has 0 bridgehead atoms. The molecule has 2 aromatic carbocycles. The summed E-state index contributed by atoms with van der Waals surface area (Å²) in [5.74, 6) is -0.288. The molecule has 3 rings (SSSR count). The zero-order valence-corrected chi connectivity index (χ0v) is 16.2. The number of amides is 1. The standard InChI is InChI=1S/C20H22ClN3OS/c1-14-5-2-3-12-24(14)18-10-8-17(9-11-18)22-20(26)23-19(25)15-6-4-7-16(21)13-15/h4,6-11,13-14H,2-3,5,12H2,1H3,(H2,22,23,25,26)/t14-/m0/s1. The van der Waals surface area contributed by atoms with E-state index in [-0.39, 0.29) is 11.0 Å². The summed E-state index contributed by atoms with van der Waals surface area (Å²) < 4.78 is 0. The number of piperidine rings is 1. The number of halogens is 1. The van der Waals surface area contributed by atoms with Gasteiger partial charge in [0.25, 0.3) is 5.91 Å². The van der Waals surface area contributed by atoms with Gasteiger partial charge in [-0.05, 0) is 80.9 Å². The molecule has 1 heterocycles. The lowest BCUT2D eigenvalue weighted by Gasteiger charge is -2.35. The topological polar surface area (TPSA) is 44.4 Å². The second-order valence-electron chi connectivity index (χ2n) is 6.50. The highest BCUT2D eigenvalue weighted by molar-refractivity contribution is 7.80. The number of thiocarbonyl (C=S) groups is 1. The number of nitrogens with one attached hydrogen (secondary N) is 2. The summed E-state index contributed by atoms with van der Waals surface area (Å²) in [5.41, 5.74) is 2.53. The Morgan fingerprint density at radius 1 is 1.19 bits per heavy atom. The van der Waals surface area contributed by atoms with Crippen LogP contribution in [0.25, 0.3) is 0 Å². The molecule has 0 spiro atoms. The molecular weight excluding hydrogens is 366 g/mol. The van der Waals surface area contributed by atoms with Crippen LogP contribution in [0.4, 0.5) is 11.4 Å². The molecule has 1 aliphatic heterocycles. The van der Waals surface area contributed by atoms with E-state index in [0.717, 1.165) is 12.2 Å². The number of nitrogens with zero attached hydrogens (tertiary/aromatic N) is 1. The Hall–Kier alpha value is -2.11. The summed E-state index contributed by atoms with van der Waals surface area (Å²) in [6.07, 6.45) is 3.78. The fourth-order valence-electron chi connectivity index (χ4n) is 3.19. The van der Waals surface area contributed by atoms with E-state index >= 15 is 0 Å². The maximum Gasteiger partial charge on any atom is 0.257 e. The van der Waals surface area contributed by atoms with Gasteiger partial charge < -0.3 is 10.2 Å². The molecule has 0 aromatic heterocycles. The summed E-state index contributed by atoms with van der Waals surface area (Å²) in [5, 5.41) is 6.49. The van der Waals surface area contributed by atoms with E-state index in [9.17, 15) is 4.79 Å². The lowest BCUT2D eigenvalue weighted by molar-refractivity contribution is 0.0977. The first kappa shape index (κ1) is 18.7. The summed E-state index contributed by atoms with van der Waals surface area (Å²) in [6, 6.07) is 15.5. The number of carbonyl (C=O) groups excluding carboxylic acids is 1. The Kier molecular flexibility index (Phi) is 6.12. The van der Waals surface area contributed by atoms with Gasteiger partial charge in [0.15, 0.2) is 5.11 Å². The van der Waals surface area contributed by atoms with Gasteiger partial charge in [-0.25, -0.2) is 0 Å². The quantitative estimate of drug-likeness (QED) is 0.739. The zero-order chi connectivity index (χ0) is 18.5. The Morgan fingerprint density at radius 2 is 1.96 bits per heavy atom. The number of rotatable bonds is 3. The van der Waals surface area contributed by atoms with Crippen molar-refractivity contribution in [1.29, 1.82) is 0 Å². The Morgan fingerprint density at radius 3 is 2.65 bits per heavy atom. The first-order valence-electron chi connectivity index (χ1n) is 8.77. The van der Waals surface area contributed by atoms with Gasteiger partial charge >= 0.3 is 0 Å². The van der Waals surface area contributed by atoms with Crippen LogP contribution in [0.3, 0.4) is 0 Å². The molecule has 136 valence electrons. The van der Waals surface area contributed by atoms with E-state index in [1.165, 1.54) is 24.9 Å². The fraction of sp³-hybridized carbons (Fsp3) is 0.300. The summed E-state index contributed by atoms with van der Waals surface area (Å²) >= 11 is 11.1. The highest BCUT2D eigenvalue weighted by atomic mass is 35.5. The van der Waals surface area contributed by atoms with Gasteiger partial charge in [0.05, 0.1) is 0 Å². The number of hydrogen-bond donors (Lipinski definition) is 2. The van der Waals surface area contributed by atoms with Crippen LogP contribution in [0.15, 0.2) is 48.5 Å². The van der Waals surface area contributed by atoms with Crippen molar-refractivity contribution >= 4 is 46.2 Å². The van der Waals surface area contributed by atoms with Crippen LogP contribution in [0.5, 0.6) is 0 Å². The van der Waals surface area contributed by atoms with Crippen LogP contribution >= 0.6 is 23.8 Å². The third-order valence-corrected chi connectivity index (χ3v) is 5.01. The lowest BCUT2D eigenvalue weighted by Crippen LogP contribution is -2.37. The van der Waals surface area contributed by atoms with E-state index in [2.05, 4.69) is 34.6 Å². The van der Waals surface area contributed by atoms with Crippen molar-refractivity contribution in [2.24, 2.45) is 0 Å². The lowest BCUT2D eigenvalue weighted by atomic mass is 10.0. The van der Waals surface area contributed by atoms with Crippen LogP contribution in [-0.4, -0.2) is 23.6 Å². The smallest absolute Gasteiger partial charge is 0.257 e. The van der Waals surface area contributed by atoms with Crippen molar-refractivity contribution < 1.29 is 4.79 Å². The minimum atomic E-state index is -0.288. The number of benzene rings is 2. The van der Waals surface area contributed by atoms with Gasteiger partial charge in [-0.15, -0.1) is 0 Å². The molecule has 1 atom stereocenters. The van der Waals surface area contributed by atoms with E-state index in [0.29, 0.717) is 16.6 Å². The molecule has 1 amide bonds. The SMILES string of the molecule is C[C@H]1CCCCN1c1ccc(NC(=S)NC(=O)c2cccc(Cl)c2)cc1. The summed E-state index contributed by atoms with van der Waals surface area (Å²) in [6.45, 7) is 3.37. The third kappa shape index (κ3) is 4.74. The largest absolute Gasteiger partial charge is 0.369 e. The Bertz CT molecular complexity index is 794. The Labute approximate surface area is 164 Å². The summed E-state index contributed by atoms with van der Waals surface area (Å²) in [7, 11) is 0. The first-order valence-corrected chi connectivity index (χ1v) is 9.56. The van der Waals surface area contributed by atoms with E-state index < -0.39 is 0 Å². The maximum atomic E-state index is 12.2. The fourth-order valence-corrected chi connectivity index (χ4v) is 3.59. The van der Waals surface area contributed by atoms with Crippen molar-refractivity contribution in [3.8, 4) is 0 Å². The monoisotopic (exact) mass is 387 g/mol. The molecule has 1 saturated heterocycles. The van der Waals surface area contributed by atoms with Crippen LogP contribution in [0.1, 0.15) is 36.5 Å².